The lowest BCUT2D eigenvalue weighted by molar-refractivity contribution is 0.866. The number of rotatable bonds is 2. The summed E-state index contributed by atoms with van der Waals surface area (Å²) in [5.74, 6) is 0. The zero-order valence-corrected chi connectivity index (χ0v) is 12.9. The molecule has 2 aromatic rings. The van der Waals surface area contributed by atoms with Crippen LogP contribution in [0.3, 0.4) is 0 Å². The van der Waals surface area contributed by atoms with Gasteiger partial charge in [0.25, 0.3) is 0 Å². The maximum Gasteiger partial charge on any atom is 0.0995 e. The smallest absolute Gasteiger partial charge is 0.0995 e. The van der Waals surface area contributed by atoms with Crippen molar-refractivity contribution < 1.29 is 0 Å². The van der Waals surface area contributed by atoms with Crippen LogP contribution in [0.5, 0.6) is 0 Å². The Morgan fingerprint density at radius 1 is 1.24 bits per heavy atom. The third kappa shape index (κ3) is 2.85. The minimum Gasteiger partial charge on any atom is -0.320 e. The second-order valence-corrected chi connectivity index (χ2v) is 6.96. The minimum absolute atomic E-state index is 0.247. The highest BCUT2D eigenvalue weighted by Gasteiger charge is 2.17. The van der Waals surface area contributed by atoms with Crippen LogP contribution in [0.1, 0.15) is 22.7 Å². The third-order valence-electron chi connectivity index (χ3n) is 2.59. The van der Waals surface area contributed by atoms with Gasteiger partial charge in [-0.25, -0.2) is 0 Å². The van der Waals surface area contributed by atoms with Crippen LogP contribution in [-0.2, 0) is 0 Å². The maximum atomic E-state index is 6.24. The number of halogens is 3. The summed E-state index contributed by atoms with van der Waals surface area (Å²) >= 11 is 16.9. The van der Waals surface area contributed by atoms with Crippen molar-refractivity contribution >= 4 is 50.5 Å². The molecule has 0 radical (unpaired) electrons. The van der Waals surface area contributed by atoms with Crippen molar-refractivity contribution in [1.29, 1.82) is 0 Å². The van der Waals surface area contributed by atoms with E-state index in [1.54, 1.807) is 0 Å². The van der Waals surface area contributed by atoms with Crippen molar-refractivity contribution in [2.24, 2.45) is 5.73 Å². The molecule has 1 aromatic carbocycles. The van der Waals surface area contributed by atoms with Gasteiger partial charge in [-0.2, -0.15) is 0 Å². The van der Waals surface area contributed by atoms with Gasteiger partial charge in [-0.05, 0) is 36.2 Å². The fraction of sp³-hybridized carbons (Fsp3) is 0.167. The highest BCUT2D eigenvalue weighted by Crippen LogP contribution is 2.37. The maximum absolute atomic E-state index is 6.24. The van der Waals surface area contributed by atoms with Crippen LogP contribution in [0.4, 0.5) is 0 Å². The number of thiophene rings is 1. The van der Waals surface area contributed by atoms with Gasteiger partial charge in [-0.3, -0.25) is 0 Å². The summed E-state index contributed by atoms with van der Waals surface area (Å²) in [6, 6.07) is 7.62. The quantitative estimate of drug-likeness (QED) is 0.793. The van der Waals surface area contributed by atoms with Crippen molar-refractivity contribution in [1.82, 2.24) is 0 Å². The molecule has 0 saturated heterocycles. The van der Waals surface area contributed by atoms with Crippen LogP contribution in [0.2, 0.25) is 8.67 Å². The molecule has 17 heavy (non-hydrogen) atoms. The van der Waals surface area contributed by atoms with Crippen LogP contribution in [0.25, 0.3) is 0 Å². The largest absolute Gasteiger partial charge is 0.320 e. The molecule has 0 bridgehead atoms. The van der Waals surface area contributed by atoms with Crippen molar-refractivity contribution in [3.05, 3.63) is 54.1 Å². The molecule has 1 nitrogen and oxygen atoms in total. The lowest BCUT2D eigenvalue weighted by Gasteiger charge is -2.14. The predicted molar refractivity (Wildman–Crippen MR) is 79.2 cm³/mol. The Bertz CT molecular complexity index is 553. The summed E-state index contributed by atoms with van der Waals surface area (Å²) in [5.41, 5.74) is 9.31. The first-order chi connectivity index (χ1) is 7.99. The van der Waals surface area contributed by atoms with E-state index in [-0.39, 0.29) is 6.04 Å². The van der Waals surface area contributed by atoms with E-state index in [9.17, 15) is 0 Å². The van der Waals surface area contributed by atoms with E-state index in [4.69, 9.17) is 28.9 Å². The molecule has 0 aliphatic rings. The first-order valence-corrected chi connectivity index (χ1v) is 7.32. The second-order valence-electron chi connectivity index (χ2n) is 3.76. The molecule has 0 saturated carbocycles. The van der Waals surface area contributed by atoms with Crippen molar-refractivity contribution in [3.63, 3.8) is 0 Å². The fourth-order valence-electron chi connectivity index (χ4n) is 1.68. The van der Waals surface area contributed by atoms with Gasteiger partial charge < -0.3 is 5.73 Å². The van der Waals surface area contributed by atoms with E-state index in [1.165, 1.54) is 11.3 Å². The Hall–Kier alpha value is -0.0600. The molecule has 1 aromatic heterocycles. The lowest BCUT2D eigenvalue weighted by Crippen LogP contribution is -2.12. The highest BCUT2D eigenvalue weighted by molar-refractivity contribution is 9.10. The Labute approximate surface area is 123 Å². The molecule has 0 aliphatic heterocycles. The number of benzene rings is 1. The molecular weight excluding hydrogens is 341 g/mol. The first kappa shape index (κ1) is 13.4. The zero-order chi connectivity index (χ0) is 12.6. The van der Waals surface area contributed by atoms with Crippen molar-refractivity contribution in [2.45, 2.75) is 13.0 Å². The molecule has 0 aliphatic carbocycles. The number of hydrogen-bond donors (Lipinski definition) is 1. The summed E-state index contributed by atoms with van der Waals surface area (Å²) in [7, 11) is 0. The van der Waals surface area contributed by atoms with Gasteiger partial charge in [0.05, 0.1) is 14.7 Å². The van der Waals surface area contributed by atoms with Gasteiger partial charge >= 0.3 is 0 Å². The molecular formula is C12H10BrCl2NS. The van der Waals surface area contributed by atoms with Crippen LogP contribution in [0, 0.1) is 6.92 Å². The van der Waals surface area contributed by atoms with Gasteiger partial charge in [0, 0.05) is 10.0 Å². The average molecular weight is 351 g/mol. The summed E-state index contributed by atoms with van der Waals surface area (Å²) in [6.07, 6.45) is 0. The monoisotopic (exact) mass is 349 g/mol. The highest BCUT2D eigenvalue weighted by atomic mass is 79.9. The summed E-state index contributed by atoms with van der Waals surface area (Å²) in [4.78, 5) is 0. The topological polar surface area (TPSA) is 26.0 Å². The van der Waals surface area contributed by atoms with E-state index >= 15 is 0 Å². The zero-order valence-electron chi connectivity index (χ0n) is 9.01. The Morgan fingerprint density at radius 3 is 2.53 bits per heavy atom. The number of hydrogen-bond acceptors (Lipinski definition) is 2. The van der Waals surface area contributed by atoms with E-state index in [2.05, 4.69) is 15.9 Å². The molecule has 0 amide bonds. The van der Waals surface area contributed by atoms with E-state index < -0.39 is 0 Å². The number of aryl methyl sites for hydroxylation is 1. The molecule has 1 unspecified atom stereocenters. The van der Waals surface area contributed by atoms with E-state index in [0.717, 1.165) is 21.2 Å². The normalized spacial score (nSPS) is 12.8. The summed E-state index contributed by atoms with van der Waals surface area (Å²) in [6.45, 7) is 2.03. The average Bonchev–Trinajstić information content (AvgIpc) is 2.60. The molecule has 1 heterocycles. The molecule has 90 valence electrons. The standard InChI is InChI=1S/C12H10BrCl2NS/c1-6-2-3-7(13)4-8(6)11(16)9-5-10(14)17-12(9)15/h2-5,11H,16H2,1H3. The van der Waals surface area contributed by atoms with Gasteiger partial charge in [-0.1, -0.05) is 45.2 Å². The first-order valence-electron chi connectivity index (χ1n) is 4.95. The fourth-order valence-corrected chi connectivity index (χ4v) is 3.61. The molecule has 0 spiro atoms. The van der Waals surface area contributed by atoms with E-state index in [1.807, 2.05) is 31.2 Å². The second kappa shape index (κ2) is 5.29. The van der Waals surface area contributed by atoms with Crippen LogP contribution in [-0.4, -0.2) is 0 Å². The molecule has 0 fully saturated rings. The summed E-state index contributed by atoms with van der Waals surface area (Å²) in [5, 5.41) is 0. The van der Waals surface area contributed by atoms with Crippen LogP contribution in [0.15, 0.2) is 28.7 Å². The number of nitrogens with two attached hydrogens (primary N) is 1. The Balaban J connectivity index is 2.46. The minimum atomic E-state index is -0.247. The lowest BCUT2D eigenvalue weighted by atomic mass is 9.98. The van der Waals surface area contributed by atoms with E-state index in [0.29, 0.717) is 8.67 Å². The molecule has 5 heteroatoms. The molecule has 2 rings (SSSR count). The Morgan fingerprint density at radius 2 is 1.94 bits per heavy atom. The third-order valence-corrected chi connectivity index (χ3v) is 4.61. The van der Waals surface area contributed by atoms with Crippen molar-refractivity contribution in [2.75, 3.05) is 0 Å². The molecule has 2 N–H and O–H groups in total. The van der Waals surface area contributed by atoms with Gasteiger partial charge in [0.1, 0.15) is 0 Å². The predicted octanol–water partition coefficient (Wildman–Crippen LogP) is 5.17. The van der Waals surface area contributed by atoms with Crippen LogP contribution < -0.4 is 5.73 Å². The molecule has 1 atom stereocenters. The Kier molecular flexibility index (Phi) is 4.16. The van der Waals surface area contributed by atoms with Gasteiger partial charge in [0.15, 0.2) is 0 Å². The van der Waals surface area contributed by atoms with Gasteiger partial charge in [-0.15, -0.1) is 11.3 Å². The SMILES string of the molecule is Cc1ccc(Br)cc1C(N)c1cc(Cl)sc1Cl. The van der Waals surface area contributed by atoms with Crippen LogP contribution >= 0.6 is 50.5 Å². The van der Waals surface area contributed by atoms with Gasteiger partial charge in [0.2, 0.25) is 0 Å². The summed E-state index contributed by atoms with van der Waals surface area (Å²) < 4.78 is 2.32. The van der Waals surface area contributed by atoms with Crippen molar-refractivity contribution in [3.8, 4) is 0 Å².